The van der Waals surface area contributed by atoms with E-state index >= 15 is 0 Å². The van der Waals surface area contributed by atoms with Crippen LogP contribution in [-0.2, 0) is 14.3 Å². The monoisotopic (exact) mass is 298 g/mol. The average Bonchev–Trinajstić information content (AvgIpc) is 2.64. The highest BCUT2D eigenvalue weighted by atomic mass is 16.6. The molecule has 6 nitrogen and oxygen atoms in total. The van der Waals surface area contributed by atoms with Gasteiger partial charge in [0.25, 0.3) is 0 Å². The first-order chi connectivity index (χ1) is 9.63. The number of carbonyl (C=O) groups is 2. The van der Waals surface area contributed by atoms with E-state index in [4.69, 9.17) is 9.47 Å². The van der Waals surface area contributed by atoms with Gasteiger partial charge in [-0.3, -0.25) is 4.79 Å². The fourth-order valence-corrected chi connectivity index (χ4v) is 3.11. The van der Waals surface area contributed by atoms with E-state index in [0.29, 0.717) is 26.2 Å². The molecular formula is C15H26N2O4. The number of ether oxygens (including phenoxy) is 2. The number of nitrogens with one attached hydrogen (secondary N) is 1. The molecule has 0 aromatic rings. The molecule has 1 atom stereocenters. The molecule has 2 aliphatic rings. The minimum absolute atomic E-state index is 0.182. The maximum atomic E-state index is 12.3. The summed E-state index contributed by atoms with van der Waals surface area (Å²) in [6, 6.07) is 0. The SMILES string of the molecule is CCOC(=O)C1(C)CNCC12CN(C(=O)OC(C)(C)C)C2. The zero-order valence-electron chi connectivity index (χ0n) is 13.6. The van der Waals surface area contributed by atoms with Gasteiger partial charge in [-0.25, -0.2) is 4.79 Å². The highest BCUT2D eigenvalue weighted by Gasteiger charge is 2.64. The minimum Gasteiger partial charge on any atom is -0.466 e. The summed E-state index contributed by atoms with van der Waals surface area (Å²) in [6.45, 7) is 12.0. The highest BCUT2D eigenvalue weighted by Crippen LogP contribution is 2.50. The van der Waals surface area contributed by atoms with Crippen molar-refractivity contribution in [3.8, 4) is 0 Å². The van der Waals surface area contributed by atoms with Crippen LogP contribution in [-0.4, -0.2) is 55.3 Å². The summed E-state index contributed by atoms with van der Waals surface area (Å²) in [5.41, 5.74) is -1.32. The molecule has 2 heterocycles. The molecule has 2 rings (SSSR count). The van der Waals surface area contributed by atoms with Crippen molar-refractivity contribution in [2.45, 2.75) is 40.2 Å². The van der Waals surface area contributed by atoms with Crippen molar-refractivity contribution < 1.29 is 19.1 Å². The lowest BCUT2D eigenvalue weighted by Crippen LogP contribution is -2.67. The number of likely N-dealkylation sites (tertiary alicyclic amines) is 1. The van der Waals surface area contributed by atoms with Crippen molar-refractivity contribution in [1.29, 1.82) is 0 Å². The third kappa shape index (κ3) is 2.73. The molecule has 2 aliphatic heterocycles. The topological polar surface area (TPSA) is 67.9 Å². The van der Waals surface area contributed by atoms with Crippen LogP contribution in [0, 0.1) is 10.8 Å². The lowest BCUT2D eigenvalue weighted by atomic mass is 9.62. The summed E-state index contributed by atoms with van der Waals surface area (Å²) in [5, 5.41) is 3.27. The fraction of sp³-hybridized carbons (Fsp3) is 0.867. The van der Waals surface area contributed by atoms with Crippen molar-refractivity contribution in [2.75, 3.05) is 32.8 Å². The number of hydrogen-bond donors (Lipinski definition) is 1. The van der Waals surface area contributed by atoms with Crippen LogP contribution in [0.5, 0.6) is 0 Å². The van der Waals surface area contributed by atoms with Crippen LogP contribution < -0.4 is 5.32 Å². The largest absolute Gasteiger partial charge is 0.466 e. The molecule has 0 radical (unpaired) electrons. The van der Waals surface area contributed by atoms with E-state index in [9.17, 15) is 9.59 Å². The molecule has 2 saturated heterocycles. The van der Waals surface area contributed by atoms with Gasteiger partial charge in [0.1, 0.15) is 5.60 Å². The van der Waals surface area contributed by atoms with E-state index in [-0.39, 0.29) is 17.5 Å². The zero-order valence-corrected chi connectivity index (χ0v) is 13.6. The number of hydrogen-bond acceptors (Lipinski definition) is 5. The van der Waals surface area contributed by atoms with Gasteiger partial charge in [0.2, 0.25) is 0 Å². The Morgan fingerprint density at radius 2 is 1.86 bits per heavy atom. The lowest BCUT2D eigenvalue weighted by Gasteiger charge is -2.53. The molecule has 1 amide bonds. The van der Waals surface area contributed by atoms with Crippen LogP contribution in [0.3, 0.4) is 0 Å². The van der Waals surface area contributed by atoms with Gasteiger partial charge in [-0.1, -0.05) is 0 Å². The van der Waals surface area contributed by atoms with Crippen LogP contribution in [0.15, 0.2) is 0 Å². The van der Waals surface area contributed by atoms with Gasteiger partial charge in [-0.2, -0.15) is 0 Å². The molecular weight excluding hydrogens is 272 g/mol. The van der Waals surface area contributed by atoms with Crippen LogP contribution in [0.2, 0.25) is 0 Å². The fourth-order valence-electron chi connectivity index (χ4n) is 3.11. The Labute approximate surface area is 126 Å². The zero-order chi connectivity index (χ0) is 15.9. The van der Waals surface area contributed by atoms with Crippen LogP contribution in [0.25, 0.3) is 0 Å². The number of carbonyl (C=O) groups excluding carboxylic acids is 2. The first-order valence-corrected chi connectivity index (χ1v) is 7.49. The van der Waals surface area contributed by atoms with Gasteiger partial charge < -0.3 is 19.7 Å². The molecule has 6 heteroatoms. The van der Waals surface area contributed by atoms with E-state index < -0.39 is 11.0 Å². The smallest absolute Gasteiger partial charge is 0.410 e. The number of esters is 1. The first kappa shape index (κ1) is 16.1. The molecule has 120 valence electrons. The van der Waals surface area contributed by atoms with E-state index in [1.54, 1.807) is 4.90 Å². The van der Waals surface area contributed by atoms with Gasteiger partial charge >= 0.3 is 12.1 Å². The Morgan fingerprint density at radius 1 is 1.24 bits per heavy atom. The van der Waals surface area contributed by atoms with E-state index in [1.165, 1.54) is 0 Å². The summed E-state index contributed by atoms with van der Waals surface area (Å²) < 4.78 is 10.6. The Kier molecular flexibility index (Phi) is 3.95. The van der Waals surface area contributed by atoms with Gasteiger partial charge in [0.15, 0.2) is 0 Å². The second kappa shape index (κ2) is 5.16. The minimum atomic E-state index is -0.582. The molecule has 1 N–H and O–H groups in total. The normalized spacial score (nSPS) is 27.4. The standard InChI is InChI=1S/C15H26N2O4/c1-6-20-11(18)14(5)7-16-8-15(14)9-17(10-15)12(19)21-13(2,3)4/h16H,6-10H2,1-5H3. The maximum Gasteiger partial charge on any atom is 0.410 e. The molecule has 0 aliphatic carbocycles. The van der Waals surface area contributed by atoms with E-state index in [0.717, 1.165) is 6.54 Å². The Bertz CT molecular complexity index is 437. The third-order valence-electron chi connectivity index (χ3n) is 4.48. The van der Waals surface area contributed by atoms with Crippen molar-refractivity contribution in [3.63, 3.8) is 0 Å². The number of nitrogens with zero attached hydrogens (tertiary/aromatic N) is 1. The molecule has 21 heavy (non-hydrogen) atoms. The lowest BCUT2D eigenvalue weighted by molar-refractivity contribution is -0.167. The molecule has 0 bridgehead atoms. The maximum absolute atomic E-state index is 12.3. The Morgan fingerprint density at radius 3 is 2.38 bits per heavy atom. The average molecular weight is 298 g/mol. The van der Waals surface area contributed by atoms with Crippen molar-refractivity contribution in [1.82, 2.24) is 10.2 Å². The van der Waals surface area contributed by atoms with Gasteiger partial charge in [0.05, 0.1) is 12.0 Å². The summed E-state index contributed by atoms with van der Waals surface area (Å²) in [6.07, 6.45) is -0.314. The Hall–Kier alpha value is -1.30. The van der Waals surface area contributed by atoms with Crippen LogP contribution in [0.1, 0.15) is 34.6 Å². The van der Waals surface area contributed by atoms with Crippen molar-refractivity contribution in [2.24, 2.45) is 10.8 Å². The van der Waals surface area contributed by atoms with Gasteiger partial charge in [0, 0.05) is 31.6 Å². The molecule has 1 unspecified atom stereocenters. The molecule has 0 aromatic carbocycles. The van der Waals surface area contributed by atoms with Crippen LogP contribution in [0.4, 0.5) is 4.79 Å². The van der Waals surface area contributed by atoms with Gasteiger partial charge in [-0.05, 0) is 34.6 Å². The molecule has 0 aromatic heterocycles. The molecule has 1 spiro atoms. The summed E-state index contributed by atoms with van der Waals surface area (Å²) in [4.78, 5) is 26.0. The second-order valence-electron chi connectivity index (χ2n) is 7.27. The summed E-state index contributed by atoms with van der Waals surface area (Å²) in [5.74, 6) is -0.182. The second-order valence-corrected chi connectivity index (χ2v) is 7.27. The predicted octanol–water partition coefficient (Wildman–Crippen LogP) is 1.40. The molecule has 0 saturated carbocycles. The first-order valence-electron chi connectivity index (χ1n) is 7.49. The quantitative estimate of drug-likeness (QED) is 0.780. The van der Waals surface area contributed by atoms with E-state index in [1.807, 2.05) is 34.6 Å². The number of rotatable bonds is 2. The third-order valence-corrected chi connectivity index (χ3v) is 4.48. The highest BCUT2D eigenvalue weighted by molar-refractivity contribution is 5.80. The predicted molar refractivity (Wildman–Crippen MR) is 77.8 cm³/mol. The van der Waals surface area contributed by atoms with Gasteiger partial charge in [-0.15, -0.1) is 0 Å². The summed E-state index contributed by atoms with van der Waals surface area (Å²) >= 11 is 0. The van der Waals surface area contributed by atoms with Crippen molar-refractivity contribution >= 4 is 12.1 Å². The summed E-state index contributed by atoms with van der Waals surface area (Å²) in [7, 11) is 0. The number of amides is 1. The Balaban J connectivity index is 2.03. The molecule has 2 fully saturated rings. The van der Waals surface area contributed by atoms with Crippen molar-refractivity contribution in [3.05, 3.63) is 0 Å². The van der Waals surface area contributed by atoms with E-state index in [2.05, 4.69) is 5.32 Å². The van der Waals surface area contributed by atoms with Crippen LogP contribution >= 0.6 is 0 Å².